The first-order valence-corrected chi connectivity index (χ1v) is 23.4. The molecule has 0 amide bonds. The molecule has 0 N–H and O–H groups in total. The fourth-order valence-corrected chi connectivity index (χ4v) is 12.0. The molecule has 3 heterocycles. The van der Waals surface area contributed by atoms with Crippen LogP contribution in [0, 0.1) is 0 Å². The molecule has 67 heavy (non-hydrogen) atoms. The van der Waals surface area contributed by atoms with E-state index in [4.69, 9.17) is 8.83 Å². The van der Waals surface area contributed by atoms with Crippen LogP contribution >= 0.6 is 0 Å². The molecule has 0 atom stereocenters. The van der Waals surface area contributed by atoms with Gasteiger partial charge in [0.15, 0.2) is 0 Å². The molecule has 10 aromatic carbocycles. The Morgan fingerprint density at radius 3 is 1.61 bits per heavy atom. The van der Waals surface area contributed by atoms with Crippen molar-refractivity contribution in [3.05, 3.63) is 222 Å². The second kappa shape index (κ2) is 13.3. The third kappa shape index (κ3) is 5.17. The molecule has 3 aromatic heterocycles. The molecule has 314 valence electrons. The molecule has 0 unspecified atom stereocenters. The molecular weight excluding hydrogens is 815 g/mol. The van der Waals surface area contributed by atoms with Gasteiger partial charge in [0, 0.05) is 43.4 Å². The minimum Gasteiger partial charge on any atom is -0.456 e. The summed E-state index contributed by atoms with van der Waals surface area (Å²) in [5.41, 5.74) is 25.3. The van der Waals surface area contributed by atoms with Crippen molar-refractivity contribution in [1.82, 2.24) is 4.57 Å². The van der Waals surface area contributed by atoms with Crippen molar-refractivity contribution in [2.45, 2.75) is 25.7 Å². The summed E-state index contributed by atoms with van der Waals surface area (Å²) >= 11 is 0. The number of benzene rings is 10. The summed E-state index contributed by atoms with van der Waals surface area (Å²) in [6.07, 6.45) is 0.964. The third-order valence-electron chi connectivity index (χ3n) is 15.2. The van der Waals surface area contributed by atoms with E-state index in [2.05, 4.69) is 200 Å². The van der Waals surface area contributed by atoms with Crippen LogP contribution in [-0.4, -0.2) is 4.57 Å². The molecule has 0 radical (unpaired) electrons. The lowest BCUT2D eigenvalue weighted by molar-refractivity contribution is 0.659. The highest BCUT2D eigenvalue weighted by Gasteiger charge is 2.37. The molecule has 0 aliphatic heterocycles. The fourth-order valence-electron chi connectivity index (χ4n) is 12.0. The molecule has 0 bridgehead atoms. The Kier molecular flexibility index (Phi) is 7.35. The van der Waals surface area contributed by atoms with Gasteiger partial charge in [0.05, 0.1) is 11.0 Å². The number of aromatic nitrogens is 1. The lowest BCUT2D eigenvalue weighted by atomic mass is 9.81. The van der Waals surface area contributed by atoms with Crippen LogP contribution in [0.5, 0.6) is 0 Å². The summed E-state index contributed by atoms with van der Waals surface area (Å²) in [5, 5.41) is 6.99. The topological polar surface area (TPSA) is 31.2 Å². The molecule has 2 aliphatic carbocycles. The molecule has 3 heteroatoms. The number of para-hydroxylation sites is 2. The number of furan rings is 2. The number of nitrogens with zero attached hydrogens (tertiary/aromatic N) is 1. The smallest absolute Gasteiger partial charge is 0.136 e. The Balaban J connectivity index is 0.900. The summed E-state index contributed by atoms with van der Waals surface area (Å²) in [5.74, 6) is 0. The minimum atomic E-state index is -0.0134. The lowest BCUT2D eigenvalue weighted by Gasteiger charge is -2.22. The van der Waals surface area contributed by atoms with Gasteiger partial charge in [-0.2, -0.15) is 0 Å². The zero-order valence-corrected chi connectivity index (χ0v) is 37.0. The third-order valence-corrected chi connectivity index (χ3v) is 15.2. The zero-order chi connectivity index (χ0) is 44.1. The van der Waals surface area contributed by atoms with Crippen molar-refractivity contribution in [1.29, 1.82) is 0 Å². The highest BCUT2D eigenvalue weighted by Crippen LogP contribution is 2.53. The van der Waals surface area contributed by atoms with Gasteiger partial charge in [0.2, 0.25) is 0 Å². The average Bonchev–Trinajstić information content (AvgIpc) is 4.17. The van der Waals surface area contributed by atoms with Gasteiger partial charge in [0.1, 0.15) is 22.3 Å². The minimum absolute atomic E-state index is 0.0134. The fraction of sp³-hybridized carbons (Fsp3) is 0.0625. The van der Waals surface area contributed by atoms with E-state index in [-0.39, 0.29) is 5.41 Å². The quantitative estimate of drug-likeness (QED) is 0.177. The summed E-state index contributed by atoms with van der Waals surface area (Å²) in [6.45, 7) is 4.75. The summed E-state index contributed by atoms with van der Waals surface area (Å²) in [4.78, 5) is 0. The first kappa shape index (κ1) is 36.9. The molecule has 0 fully saturated rings. The highest BCUT2D eigenvalue weighted by atomic mass is 16.3. The van der Waals surface area contributed by atoms with Crippen LogP contribution in [0.2, 0.25) is 0 Å². The molecule has 15 rings (SSSR count). The van der Waals surface area contributed by atoms with E-state index in [9.17, 15) is 0 Å². The normalized spacial score (nSPS) is 13.6. The van der Waals surface area contributed by atoms with Gasteiger partial charge in [-0.25, -0.2) is 0 Å². The van der Waals surface area contributed by atoms with Crippen molar-refractivity contribution in [2.75, 3.05) is 0 Å². The van der Waals surface area contributed by atoms with Crippen LogP contribution in [0.4, 0.5) is 0 Å². The number of fused-ring (bicyclic) bond motifs is 15. The number of hydrogen-bond donors (Lipinski definition) is 0. The predicted octanol–water partition coefficient (Wildman–Crippen LogP) is 17.5. The molecular formula is C64H41NO2. The van der Waals surface area contributed by atoms with Crippen LogP contribution in [-0.2, 0) is 11.8 Å². The van der Waals surface area contributed by atoms with E-state index in [0.29, 0.717) is 0 Å². The van der Waals surface area contributed by atoms with E-state index in [1.165, 1.54) is 83.1 Å². The molecule has 2 aliphatic rings. The van der Waals surface area contributed by atoms with Gasteiger partial charge in [0.25, 0.3) is 0 Å². The van der Waals surface area contributed by atoms with E-state index in [1.807, 2.05) is 18.2 Å². The SMILES string of the molecule is CC1(C)c2ccccc2-c2cc3c(cc21)Cc1ccc(-c2ccc4c(c2)c2cc(-c5cccc6oc7ccccc7c56)ccc2n4-c2ccc(-c4cccc5oc6ccccc6c45)cc2)cc1-3. The van der Waals surface area contributed by atoms with Crippen LogP contribution in [0.1, 0.15) is 36.1 Å². The Morgan fingerprint density at radius 1 is 0.358 bits per heavy atom. The average molecular weight is 856 g/mol. The van der Waals surface area contributed by atoms with Gasteiger partial charge in [-0.15, -0.1) is 0 Å². The van der Waals surface area contributed by atoms with Gasteiger partial charge in [-0.05, 0) is 157 Å². The van der Waals surface area contributed by atoms with Crippen LogP contribution in [0.3, 0.4) is 0 Å². The second-order valence-corrected chi connectivity index (χ2v) is 19.2. The summed E-state index contributed by atoms with van der Waals surface area (Å²) < 4.78 is 15.1. The van der Waals surface area contributed by atoms with Crippen molar-refractivity contribution in [2.24, 2.45) is 0 Å². The largest absolute Gasteiger partial charge is 0.456 e. The van der Waals surface area contributed by atoms with E-state index >= 15 is 0 Å². The first-order valence-electron chi connectivity index (χ1n) is 23.4. The first-order chi connectivity index (χ1) is 32.9. The van der Waals surface area contributed by atoms with Crippen LogP contribution in [0.15, 0.2) is 209 Å². The van der Waals surface area contributed by atoms with Crippen LogP contribution in [0.25, 0.3) is 127 Å². The Labute approximate surface area is 386 Å². The lowest BCUT2D eigenvalue weighted by Crippen LogP contribution is -2.15. The maximum absolute atomic E-state index is 6.37. The second-order valence-electron chi connectivity index (χ2n) is 19.2. The Hall–Kier alpha value is -8.40. The number of rotatable bonds is 4. The van der Waals surface area contributed by atoms with E-state index in [0.717, 1.165) is 72.6 Å². The van der Waals surface area contributed by atoms with Gasteiger partial charge < -0.3 is 13.4 Å². The Bertz CT molecular complexity index is 4270. The van der Waals surface area contributed by atoms with Crippen molar-refractivity contribution in [3.63, 3.8) is 0 Å². The van der Waals surface area contributed by atoms with Gasteiger partial charge >= 0.3 is 0 Å². The standard InChI is InChI=1S/C64H41NO2/c1-64(2)54-16-6-3-11-46(54)51-36-50-42(35-55(51)64)31-40-22-21-38(32-49(40)50)39-25-29-56-52(33-39)53-34-41(45-15-10-20-61-63(45)48-13-5-8-18-59(48)67-61)26-30-57(53)65(56)43-27-23-37(24-28-43)44-14-9-19-60-62(44)47-12-4-7-17-58(47)66-60/h3-30,32-36H,31H2,1-2H3. The maximum Gasteiger partial charge on any atom is 0.136 e. The molecule has 3 nitrogen and oxygen atoms in total. The maximum atomic E-state index is 6.37. The Morgan fingerprint density at radius 2 is 0.896 bits per heavy atom. The van der Waals surface area contributed by atoms with Gasteiger partial charge in [-0.3, -0.25) is 0 Å². The van der Waals surface area contributed by atoms with Crippen LogP contribution < -0.4 is 0 Å². The van der Waals surface area contributed by atoms with E-state index in [1.54, 1.807) is 0 Å². The van der Waals surface area contributed by atoms with Gasteiger partial charge in [-0.1, -0.05) is 141 Å². The summed E-state index contributed by atoms with van der Waals surface area (Å²) in [7, 11) is 0. The number of hydrogen-bond acceptors (Lipinski definition) is 2. The molecule has 0 saturated heterocycles. The monoisotopic (exact) mass is 855 g/mol. The predicted molar refractivity (Wildman–Crippen MR) is 277 cm³/mol. The highest BCUT2D eigenvalue weighted by molar-refractivity contribution is 6.16. The summed E-state index contributed by atoms with van der Waals surface area (Å²) in [6, 6.07) is 73.7. The van der Waals surface area contributed by atoms with Crippen molar-refractivity contribution >= 4 is 65.7 Å². The molecule has 0 saturated carbocycles. The zero-order valence-electron chi connectivity index (χ0n) is 37.0. The van der Waals surface area contributed by atoms with Crippen molar-refractivity contribution in [3.8, 4) is 61.3 Å². The van der Waals surface area contributed by atoms with E-state index < -0.39 is 0 Å². The van der Waals surface area contributed by atoms with Crippen molar-refractivity contribution < 1.29 is 8.83 Å². The molecule has 0 spiro atoms. The molecule has 13 aromatic rings.